The van der Waals surface area contributed by atoms with Gasteiger partial charge in [0.2, 0.25) is 0 Å². The standard InChI is InChI=1S/C14H12N4O2/c1-19-13-16-12(17-14(18-13)20-2)10-7-9-5-3-4-6-11(9)15-8-10/h3-8H,1-2H3. The first-order valence-corrected chi connectivity index (χ1v) is 5.99. The van der Waals surface area contributed by atoms with Crippen molar-refractivity contribution in [2.24, 2.45) is 0 Å². The number of methoxy groups -OCH3 is 2. The highest BCUT2D eigenvalue weighted by Gasteiger charge is 2.10. The van der Waals surface area contributed by atoms with Crippen LogP contribution in [0.2, 0.25) is 0 Å². The Morgan fingerprint density at radius 3 is 2.30 bits per heavy atom. The van der Waals surface area contributed by atoms with Crippen LogP contribution in [0.25, 0.3) is 22.3 Å². The summed E-state index contributed by atoms with van der Waals surface area (Å²) < 4.78 is 10.1. The number of aromatic nitrogens is 4. The first-order valence-electron chi connectivity index (χ1n) is 5.99. The SMILES string of the molecule is COc1nc(OC)nc(-c2cnc3ccccc3c2)n1. The van der Waals surface area contributed by atoms with Crippen molar-refractivity contribution in [3.05, 3.63) is 36.5 Å². The lowest BCUT2D eigenvalue weighted by atomic mass is 10.1. The lowest BCUT2D eigenvalue weighted by Crippen LogP contribution is -2.01. The third-order valence-corrected chi connectivity index (χ3v) is 2.81. The van der Waals surface area contributed by atoms with Gasteiger partial charge >= 0.3 is 12.0 Å². The molecule has 2 heterocycles. The van der Waals surface area contributed by atoms with E-state index >= 15 is 0 Å². The van der Waals surface area contributed by atoms with Crippen LogP contribution in [0.3, 0.4) is 0 Å². The van der Waals surface area contributed by atoms with Crippen molar-refractivity contribution in [2.45, 2.75) is 0 Å². The molecule has 0 radical (unpaired) electrons. The van der Waals surface area contributed by atoms with Gasteiger partial charge < -0.3 is 9.47 Å². The summed E-state index contributed by atoms with van der Waals surface area (Å²) in [6.45, 7) is 0. The lowest BCUT2D eigenvalue weighted by Gasteiger charge is -2.05. The van der Waals surface area contributed by atoms with Crippen molar-refractivity contribution in [1.29, 1.82) is 0 Å². The number of para-hydroxylation sites is 1. The minimum atomic E-state index is 0.208. The van der Waals surface area contributed by atoms with Crippen molar-refractivity contribution < 1.29 is 9.47 Å². The maximum Gasteiger partial charge on any atom is 0.322 e. The Morgan fingerprint density at radius 1 is 0.900 bits per heavy atom. The fourth-order valence-corrected chi connectivity index (χ4v) is 1.84. The van der Waals surface area contributed by atoms with E-state index in [1.54, 1.807) is 6.20 Å². The minimum Gasteiger partial charge on any atom is -0.467 e. The first kappa shape index (κ1) is 12.3. The van der Waals surface area contributed by atoms with Crippen LogP contribution in [-0.4, -0.2) is 34.2 Å². The van der Waals surface area contributed by atoms with Crippen LogP contribution < -0.4 is 9.47 Å². The Morgan fingerprint density at radius 2 is 1.60 bits per heavy atom. The van der Waals surface area contributed by atoms with Gasteiger partial charge in [-0.3, -0.25) is 4.98 Å². The van der Waals surface area contributed by atoms with Crippen molar-refractivity contribution >= 4 is 10.9 Å². The zero-order valence-corrected chi connectivity index (χ0v) is 11.1. The predicted molar refractivity (Wildman–Crippen MR) is 73.7 cm³/mol. The quantitative estimate of drug-likeness (QED) is 0.724. The number of hydrogen-bond donors (Lipinski definition) is 0. The molecule has 0 fully saturated rings. The van der Waals surface area contributed by atoms with E-state index in [9.17, 15) is 0 Å². The Kier molecular flexibility index (Phi) is 3.12. The van der Waals surface area contributed by atoms with E-state index in [1.165, 1.54) is 14.2 Å². The van der Waals surface area contributed by atoms with Crippen LogP contribution >= 0.6 is 0 Å². The molecule has 100 valence electrons. The average molecular weight is 268 g/mol. The predicted octanol–water partition coefficient (Wildman–Crippen LogP) is 2.10. The van der Waals surface area contributed by atoms with Crippen LogP contribution in [0.15, 0.2) is 36.5 Å². The molecular formula is C14H12N4O2. The number of benzene rings is 1. The molecule has 0 aliphatic carbocycles. The first-order chi connectivity index (χ1) is 9.80. The molecule has 1 aromatic carbocycles. The van der Waals surface area contributed by atoms with Gasteiger partial charge in [-0.15, -0.1) is 4.98 Å². The number of rotatable bonds is 3. The molecular weight excluding hydrogens is 256 g/mol. The summed E-state index contributed by atoms with van der Waals surface area (Å²) in [5.41, 5.74) is 1.70. The summed E-state index contributed by atoms with van der Waals surface area (Å²) in [4.78, 5) is 16.8. The summed E-state index contributed by atoms with van der Waals surface area (Å²) in [6, 6.07) is 10.2. The highest BCUT2D eigenvalue weighted by Crippen LogP contribution is 2.22. The molecule has 0 aliphatic rings. The Bertz CT molecular complexity index is 739. The smallest absolute Gasteiger partial charge is 0.322 e. The van der Waals surface area contributed by atoms with Crippen molar-refractivity contribution in [3.8, 4) is 23.4 Å². The molecule has 0 amide bonds. The van der Waals surface area contributed by atoms with Gasteiger partial charge in [-0.25, -0.2) is 0 Å². The molecule has 0 unspecified atom stereocenters. The van der Waals surface area contributed by atoms with Crippen LogP contribution in [0.4, 0.5) is 0 Å². The number of fused-ring (bicyclic) bond motifs is 1. The number of pyridine rings is 1. The van der Waals surface area contributed by atoms with Crippen molar-refractivity contribution in [3.63, 3.8) is 0 Å². The Labute approximate surface area is 115 Å². The summed E-state index contributed by atoms with van der Waals surface area (Å²) >= 11 is 0. The van der Waals surface area contributed by atoms with E-state index < -0.39 is 0 Å². The van der Waals surface area contributed by atoms with E-state index in [-0.39, 0.29) is 12.0 Å². The van der Waals surface area contributed by atoms with E-state index in [0.717, 1.165) is 16.5 Å². The lowest BCUT2D eigenvalue weighted by molar-refractivity contribution is 0.341. The van der Waals surface area contributed by atoms with Gasteiger partial charge in [0, 0.05) is 17.1 Å². The molecule has 0 saturated carbocycles. The second kappa shape index (κ2) is 5.08. The van der Waals surface area contributed by atoms with E-state index in [1.807, 2.05) is 30.3 Å². The molecule has 6 nitrogen and oxygen atoms in total. The zero-order valence-electron chi connectivity index (χ0n) is 11.1. The van der Waals surface area contributed by atoms with Gasteiger partial charge in [-0.1, -0.05) is 18.2 Å². The van der Waals surface area contributed by atoms with Gasteiger partial charge in [0.1, 0.15) is 0 Å². The summed E-state index contributed by atoms with van der Waals surface area (Å²) in [7, 11) is 2.99. The second-order valence-electron chi connectivity index (χ2n) is 4.05. The van der Waals surface area contributed by atoms with Crippen molar-refractivity contribution in [2.75, 3.05) is 14.2 Å². The normalized spacial score (nSPS) is 10.5. The molecule has 3 aromatic rings. The molecule has 0 N–H and O–H groups in total. The largest absolute Gasteiger partial charge is 0.467 e. The third-order valence-electron chi connectivity index (χ3n) is 2.81. The van der Waals surface area contributed by atoms with Crippen LogP contribution in [-0.2, 0) is 0 Å². The maximum atomic E-state index is 5.04. The van der Waals surface area contributed by atoms with Gasteiger partial charge in [-0.2, -0.15) is 9.97 Å². The summed E-state index contributed by atoms with van der Waals surface area (Å²) in [5, 5.41) is 1.02. The highest BCUT2D eigenvalue weighted by atomic mass is 16.5. The van der Waals surface area contributed by atoms with Crippen LogP contribution in [0, 0.1) is 0 Å². The minimum absolute atomic E-state index is 0.208. The van der Waals surface area contributed by atoms with E-state index in [4.69, 9.17) is 9.47 Å². The van der Waals surface area contributed by atoms with E-state index in [0.29, 0.717) is 5.82 Å². The molecule has 0 saturated heterocycles. The maximum absolute atomic E-state index is 5.04. The van der Waals surface area contributed by atoms with E-state index in [2.05, 4.69) is 19.9 Å². The fraction of sp³-hybridized carbons (Fsp3) is 0.143. The summed E-state index contributed by atoms with van der Waals surface area (Å²) in [5.74, 6) is 0.465. The third kappa shape index (κ3) is 2.23. The Balaban J connectivity index is 2.14. The topological polar surface area (TPSA) is 70.0 Å². The second-order valence-corrected chi connectivity index (χ2v) is 4.05. The molecule has 0 bridgehead atoms. The summed E-state index contributed by atoms with van der Waals surface area (Å²) in [6.07, 6.45) is 1.72. The van der Waals surface area contributed by atoms with Crippen LogP contribution in [0.5, 0.6) is 12.0 Å². The molecule has 0 aliphatic heterocycles. The number of ether oxygens (including phenoxy) is 2. The molecule has 3 rings (SSSR count). The molecule has 0 atom stereocenters. The van der Waals surface area contributed by atoms with Crippen LogP contribution in [0.1, 0.15) is 0 Å². The van der Waals surface area contributed by atoms with Gasteiger partial charge in [0.25, 0.3) is 0 Å². The zero-order chi connectivity index (χ0) is 13.9. The van der Waals surface area contributed by atoms with Crippen molar-refractivity contribution in [1.82, 2.24) is 19.9 Å². The molecule has 0 spiro atoms. The number of hydrogen-bond acceptors (Lipinski definition) is 6. The highest BCUT2D eigenvalue weighted by molar-refractivity contribution is 5.82. The molecule has 6 heteroatoms. The fourth-order valence-electron chi connectivity index (χ4n) is 1.84. The molecule has 2 aromatic heterocycles. The van der Waals surface area contributed by atoms with Gasteiger partial charge in [0.15, 0.2) is 5.82 Å². The Hall–Kier alpha value is -2.76. The number of nitrogens with zero attached hydrogens (tertiary/aromatic N) is 4. The van der Waals surface area contributed by atoms with Gasteiger partial charge in [-0.05, 0) is 12.1 Å². The average Bonchev–Trinajstić information content (AvgIpc) is 2.53. The van der Waals surface area contributed by atoms with Gasteiger partial charge in [0.05, 0.1) is 19.7 Å². The monoisotopic (exact) mass is 268 g/mol. The molecule has 20 heavy (non-hydrogen) atoms.